The Bertz CT molecular complexity index is 2120. The zero-order valence-electron chi connectivity index (χ0n) is 27.6. The molecule has 4 amide bonds. The van der Waals surface area contributed by atoms with Crippen LogP contribution in [0.4, 0.5) is 10.8 Å². The third-order valence-corrected chi connectivity index (χ3v) is 11.1. The fraction of sp³-hybridized carbons (Fsp3) is 0.312. The standard InChI is InChI=1S/C32H29ClN8O10S2/c1-2-20(26(44)37-50)51-38-22(16-13-53-32(34)35-16)27(45)36-23-29(47)41-24(31(48)49)14(12-52-30(23)41)11-39-9-3-6-18-17(39)5-4-10-40(18)28(46)15-7-8-19(42)25(43)21(15)33/h3,6-9,13,20,23,30H,2,4-5,10-12H2,1H3,(H5-,34,35,36,37,38,42,43,44,45,46,48,49,50)/t20-,23+,30+/m0/s1. The van der Waals surface area contributed by atoms with Gasteiger partial charge in [-0.2, -0.15) is 4.57 Å². The maximum absolute atomic E-state index is 13.6. The van der Waals surface area contributed by atoms with Gasteiger partial charge in [0.2, 0.25) is 11.8 Å². The summed E-state index contributed by atoms with van der Waals surface area (Å²) in [5.41, 5.74) is 6.48. The Labute approximate surface area is 312 Å². The lowest BCUT2D eigenvalue weighted by Crippen LogP contribution is -2.71. The lowest BCUT2D eigenvalue weighted by atomic mass is 10.0. The zero-order chi connectivity index (χ0) is 38.1. The van der Waals surface area contributed by atoms with Gasteiger partial charge in [-0.1, -0.05) is 23.7 Å². The Morgan fingerprint density at radius 1 is 1.26 bits per heavy atom. The number of nitrogens with zero attached hydrogens (tertiary/aromatic N) is 6. The number of β-lactam (4-membered cyclic amide) rings is 1. The number of rotatable bonds is 11. The molecule has 1 fully saturated rings. The van der Waals surface area contributed by atoms with E-state index in [1.54, 1.807) is 22.9 Å². The number of nitroso groups, excluding NO2 is 1. The van der Waals surface area contributed by atoms with E-state index in [1.165, 1.54) is 41.1 Å². The number of carbonyl (C=O) groups excluding carboxylic acids is 5. The summed E-state index contributed by atoms with van der Waals surface area (Å²) in [7, 11) is 0. The van der Waals surface area contributed by atoms with Gasteiger partial charge in [0, 0.05) is 40.9 Å². The highest BCUT2D eigenvalue weighted by Gasteiger charge is 2.53. The molecular formula is C32H29ClN8O10S2. The molecule has 3 aliphatic rings. The summed E-state index contributed by atoms with van der Waals surface area (Å²) in [4.78, 5) is 87.3. The summed E-state index contributed by atoms with van der Waals surface area (Å²) < 4.78 is 1.78. The number of nitrogens with two attached hydrogens (primary N) is 1. The number of nitrogen functional groups attached to an aromatic ring is 1. The van der Waals surface area contributed by atoms with Crippen LogP contribution < -0.4 is 25.6 Å². The largest absolute Gasteiger partial charge is 0.543 e. The van der Waals surface area contributed by atoms with E-state index in [-0.39, 0.29) is 45.8 Å². The smallest absolute Gasteiger partial charge is 0.329 e. The van der Waals surface area contributed by atoms with Crippen molar-refractivity contribution in [3.63, 3.8) is 0 Å². The molecule has 3 aromatic rings. The number of thioether (sulfide) groups is 1. The van der Waals surface area contributed by atoms with Crippen molar-refractivity contribution >= 4 is 80.8 Å². The number of phenolic OH excluding ortho intramolecular Hbond substituents is 2. The highest BCUT2D eigenvalue weighted by Crippen LogP contribution is 2.41. The number of fused-ring (bicyclic) bond motifs is 2. The number of benzene rings is 1. The summed E-state index contributed by atoms with van der Waals surface area (Å²) in [6, 6.07) is 4.70. The summed E-state index contributed by atoms with van der Waals surface area (Å²) in [5, 5.41) is 41.4. The molecule has 0 saturated carbocycles. The number of thiazole rings is 1. The van der Waals surface area contributed by atoms with Crippen LogP contribution in [0.2, 0.25) is 5.02 Å². The molecule has 1 aromatic carbocycles. The Morgan fingerprint density at radius 2 is 2.04 bits per heavy atom. The summed E-state index contributed by atoms with van der Waals surface area (Å²) in [5.74, 6) is -5.87. The first-order chi connectivity index (χ1) is 25.4. The summed E-state index contributed by atoms with van der Waals surface area (Å²) in [6.45, 7) is 1.89. The van der Waals surface area contributed by atoms with Gasteiger partial charge in [0.15, 0.2) is 35.1 Å². The predicted octanol–water partition coefficient (Wildman–Crippen LogP) is 0.567. The summed E-state index contributed by atoms with van der Waals surface area (Å²) >= 11 is 8.38. The van der Waals surface area contributed by atoms with Gasteiger partial charge in [-0.05, 0) is 31.0 Å². The number of oxime groups is 1. The highest BCUT2D eigenvalue weighted by molar-refractivity contribution is 8.00. The Balaban J connectivity index is 1.23. The number of aliphatic carboxylic acids is 1. The molecule has 0 radical (unpaired) electrons. The van der Waals surface area contributed by atoms with Gasteiger partial charge < -0.3 is 40.9 Å². The average Bonchev–Trinajstić information content (AvgIpc) is 3.58. The van der Waals surface area contributed by atoms with Crippen molar-refractivity contribution in [3.05, 3.63) is 74.0 Å². The molecular weight excluding hydrogens is 756 g/mol. The molecule has 276 valence electrons. The first kappa shape index (κ1) is 37.2. The fourth-order valence-electron chi connectivity index (χ4n) is 6.12. The van der Waals surface area contributed by atoms with Crippen LogP contribution in [-0.4, -0.2) is 85.2 Å². The molecule has 0 spiro atoms. The number of nitrogens with one attached hydrogen (secondary N) is 1. The second-order valence-electron chi connectivity index (χ2n) is 11.9. The van der Waals surface area contributed by atoms with Crippen molar-refractivity contribution in [1.82, 2.24) is 15.2 Å². The number of pyridine rings is 1. The number of phenols is 2. The minimum atomic E-state index is -1.60. The topological polar surface area (TPSA) is 261 Å². The lowest BCUT2D eigenvalue weighted by molar-refractivity contribution is -0.696. The van der Waals surface area contributed by atoms with Crippen molar-refractivity contribution in [3.8, 4) is 11.5 Å². The number of anilines is 2. The van der Waals surface area contributed by atoms with Gasteiger partial charge in [-0.25, -0.2) is 4.98 Å². The second kappa shape index (κ2) is 15.2. The zero-order valence-corrected chi connectivity index (χ0v) is 29.9. The van der Waals surface area contributed by atoms with Crippen LogP contribution in [-0.2, 0) is 37.0 Å². The van der Waals surface area contributed by atoms with Gasteiger partial charge in [0.1, 0.15) is 22.8 Å². The number of halogens is 1. The van der Waals surface area contributed by atoms with Gasteiger partial charge in [0.05, 0.1) is 22.3 Å². The van der Waals surface area contributed by atoms with Gasteiger partial charge in [-0.15, -0.1) is 28.0 Å². The van der Waals surface area contributed by atoms with Crippen molar-refractivity contribution in [1.29, 1.82) is 0 Å². The van der Waals surface area contributed by atoms with E-state index in [9.17, 15) is 44.2 Å². The van der Waals surface area contributed by atoms with Crippen LogP contribution in [0.3, 0.4) is 0 Å². The first-order valence-corrected chi connectivity index (χ1v) is 18.2. The monoisotopic (exact) mass is 784 g/mol. The van der Waals surface area contributed by atoms with E-state index in [4.69, 9.17) is 22.2 Å². The molecule has 18 nitrogen and oxygen atoms in total. The molecule has 21 heteroatoms. The van der Waals surface area contributed by atoms with E-state index < -0.39 is 64.3 Å². The molecule has 6 rings (SSSR count). The van der Waals surface area contributed by atoms with Crippen LogP contribution in [0.5, 0.6) is 11.5 Å². The maximum Gasteiger partial charge on any atom is 0.329 e. The van der Waals surface area contributed by atoms with E-state index in [0.717, 1.165) is 16.2 Å². The normalized spacial score (nSPS) is 18.8. The quantitative estimate of drug-likeness (QED) is 0.0518. The fourth-order valence-corrected chi connectivity index (χ4v) is 8.24. The third-order valence-electron chi connectivity index (χ3n) is 8.69. The lowest BCUT2D eigenvalue weighted by Gasteiger charge is -2.50. The number of carbonyl (C=O) groups is 5. The SMILES string of the molecule is CC[C@H](O/N=C(\C(=O)N[C@@H]1C(=O)N2C(C(=O)[O-])=C(C[n+]3cccc4c3CCCN4C(=O)c3ccc(O)c(O)c3Cl)CS[C@H]12)c1csc(N)n1)C(=O)N=O. The van der Waals surface area contributed by atoms with E-state index >= 15 is 0 Å². The minimum Gasteiger partial charge on any atom is -0.543 e. The van der Waals surface area contributed by atoms with Crippen molar-refractivity contribution in [2.45, 2.75) is 50.3 Å². The average molecular weight is 785 g/mol. The molecule has 53 heavy (non-hydrogen) atoms. The Morgan fingerprint density at radius 3 is 2.72 bits per heavy atom. The number of hydrogen-bond donors (Lipinski definition) is 4. The first-order valence-electron chi connectivity index (χ1n) is 15.9. The van der Waals surface area contributed by atoms with Crippen LogP contribution in [0, 0.1) is 4.91 Å². The number of carboxylic acids is 1. The molecule has 2 aromatic heterocycles. The number of hydrogen-bond acceptors (Lipinski definition) is 15. The molecule has 0 bridgehead atoms. The van der Waals surface area contributed by atoms with Gasteiger partial charge in [0.25, 0.3) is 17.7 Å². The van der Waals surface area contributed by atoms with E-state index in [2.05, 4.69) is 20.6 Å². The molecule has 5 N–H and O–H groups in total. The van der Waals surface area contributed by atoms with E-state index in [1.807, 2.05) is 0 Å². The number of carboxylic acid groups (broad SMARTS) is 1. The van der Waals surface area contributed by atoms with Crippen LogP contribution in [0.15, 0.2) is 57.4 Å². The van der Waals surface area contributed by atoms with Crippen molar-refractivity contribution < 1.29 is 48.7 Å². The minimum absolute atomic E-state index is 0.0121. The van der Waals surface area contributed by atoms with Crippen molar-refractivity contribution in [2.24, 2.45) is 10.3 Å². The summed E-state index contributed by atoms with van der Waals surface area (Å²) in [6.07, 6.45) is 1.44. The second-order valence-corrected chi connectivity index (χ2v) is 14.2. The number of aromatic nitrogens is 2. The van der Waals surface area contributed by atoms with Crippen LogP contribution in [0.1, 0.15) is 41.5 Å². The molecule has 0 aliphatic carbocycles. The molecule has 5 heterocycles. The highest BCUT2D eigenvalue weighted by atomic mass is 35.5. The predicted molar refractivity (Wildman–Crippen MR) is 188 cm³/mol. The van der Waals surface area contributed by atoms with Crippen LogP contribution in [0.25, 0.3) is 0 Å². The number of aromatic hydroxyl groups is 2. The molecule has 0 unspecified atom stereocenters. The van der Waals surface area contributed by atoms with Gasteiger partial charge >= 0.3 is 5.91 Å². The van der Waals surface area contributed by atoms with Crippen molar-refractivity contribution in [2.75, 3.05) is 22.9 Å². The van der Waals surface area contributed by atoms with Gasteiger partial charge in [-0.3, -0.25) is 24.1 Å². The molecule has 3 aliphatic heterocycles. The molecule has 1 saturated heterocycles. The Hall–Kier alpha value is -5.60. The maximum atomic E-state index is 13.6. The third kappa shape index (κ3) is 6.99. The Kier molecular flexibility index (Phi) is 10.6. The van der Waals surface area contributed by atoms with E-state index in [0.29, 0.717) is 36.3 Å². The molecule has 3 atom stereocenters. The number of amides is 4. The van der Waals surface area contributed by atoms with Crippen LogP contribution >= 0.6 is 34.7 Å².